The van der Waals surface area contributed by atoms with Gasteiger partial charge in [0.05, 0.1) is 5.69 Å². The molecule has 5 heteroatoms. The van der Waals surface area contributed by atoms with Gasteiger partial charge in [0.25, 0.3) is 0 Å². The first-order valence-corrected chi connectivity index (χ1v) is 10.5. The van der Waals surface area contributed by atoms with Crippen molar-refractivity contribution in [3.63, 3.8) is 0 Å². The number of piperidine rings is 1. The predicted molar refractivity (Wildman–Crippen MR) is 122 cm³/mol. The van der Waals surface area contributed by atoms with E-state index in [1.165, 1.54) is 5.56 Å². The third-order valence-electron chi connectivity index (χ3n) is 5.91. The Balaban J connectivity index is 1.37. The minimum Gasteiger partial charge on any atom is -0.355 e. The number of carbonyl (C=O) groups is 1. The number of anilines is 2. The van der Waals surface area contributed by atoms with Crippen molar-refractivity contribution in [2.45, 2.75) is 33.6 Å². The second-order valence-corrected chi connectivity index (χ2v) is 8.16. The van der Waals surface area contributed by atoms with Gasteiger partial charge in [-0.3, -0.25) is 4.79 Å². The second-order valence-electron chi connectivity index (χ2n) is 8.16. The Morgan fingerprint density at radius 2 is 1.70 bits per heavy atom. The van der Waals surface area contributed by atoms with Crippen molar-refractivity contribution in [2.24, 2.45) is 5.92 Å². The zero-order valence-corrected chi connectivity index (χ0v) is 17.9. The number of benzene rings is 2. The van der Waals surface area contributed by atoms with Gasteiger partial charge in [-0.15, -0.1) is 10.2 Å². The summed E-state index contributed by atoms with van der Waals surface area (Å²) in [6.45, 7) is 7.77. The van der Waals surface area contributed by atoms with Crippen LogP contribution in [0.1, 0.15) is 29.5 Å². The first-order chi connectivity index (χ1) is 14.5. The van der Waals surface area contributed by atoms with Gasteiger partial charge in [-0.25, -0.2) is 0 Å². The van der Waals surface area contributed by atoms with Crippen molar-refractivity contribution in [1.82, 2.24) is 10.2 Å². The van der Waals surface area contributed by atoms with Gasteiger partial charge < -0.3 is 10.2 Å². The molecule has 1 aliphatic rings. The molecule has 0 radical (unpaired) electrons. The van der Waals surface area contributed by atoms with E-state index in [4.69, 9.17) is 0 Å². The maximum atomic E-state index is 12.8. The summed E-state index contributed by atoms with van der Waals surface area (Å²) in [5.41, 5.74) is 6.35. The Morgan fingerprint density at radius 3 is 2.40 bits per heavy atom. The molecular formula is C25H28N4O. The molecule has 30 heavy (non-hydrogen) atoms. The molecule has 1 saturated heterocycles. The fourth-order valence-electron chi connectivity index (χ4n) is 3.97. The van der Waals surface area contributed by atoms with E-state index in [1.807, 2.05) is 50.2 Å². The number of carbonyl (C=O) groups excluding carboxylic acids is 1. The molecule has 4 rings (SSSR count). The molecule has 0 unspecified atom stereocenters. The van der Waals surface area contributed by atoms with Gasteiger partial charge in [-0.1, -0.05) is 36.4 Å². The normalized spacial score (nSPS) is 14.6. The largest absolute Gasteiger partial charge is 0.355 e. The lowest BCUT2D eigenvalue weighted by molar-refractivity contribution is -0.120. The van der Waals surface area contributed by atoms with Crippen LogP contribution in [-0.2, 0) is 4.79 Å². The summed E-state index contributed by atoms with van der Waals surface area (Å²) in [6.07, 6.45) is 1.63. The topological polar surface area (TPSA) is 58.1 Å². The zero-order chi connectivity index (χ0) is 21.1. The monoisotopic (exact) mass is 400 g/mol. The number of aromatic nitrogens is 2. The fraction of sp³-hybridized carbons (Fsp3) is 0.320. The Hall–Kier alpha value is -3.21. The van der Waals surface area contributed by atoms with E-state index in [1.54, 1.807) is 0 Å². The molecule has 0 saturated carbocycles. The lowest BCUT2D eigenvalue weighted by Crippen LogP contribution is -2.38. The molecule has 2 aromatic carbocycles. The molecular weight excluding hydrogens is 372 g/mol. The van der Waals surface area contributed by atoms with E-state index < -0.39 is 0 Å². The zero-order valence-electron chi connectivity index (χ0n) is 17.9. The summed E-state index contributed by atoms with van der Waals surface area (Å²) in [5.74, 6) is 1.02. The number of aryl methyl sites for hydroxylation is 3. The van der Waals surface area contributed by atoms with Crippen LogP contribution in [0.15, 0.2) is 54.6 Å². The SMILES string of the molecule is Cc1ccc(C)c(NC(=O)C2CCN(c3ccc(-c4ccccc4C)nn3)CC2)c1. The Bertz CT molecular complexity index is 1040. The number of amides is 1. The van der Waals surface area contributed by atoms with Crippen molar-refractivity contribution in [3.8, 4) is 11.3 Å². The fourth-order valence-corrected chi connectivity index (χ4v) is 3.97. The van der Waals surface area contributed by atoms with Crippen LogP contribution in [0, 0.1) is 26.7 Å². The summed E-state index contributed by atoms with van der Waals surface area (Å²) < 4.78 is 0. The van der Waals surface area contributed by atoms with Crippen LogP contribution in [0.2, 0.25) is 0 Å². The average molecular weight is 401 g/mol. The molecule has 0 atom stereocenters. The van der Waals surface area contributed by atoms with E-state index in [2.05, 4.69) is 45.5 Å². The van der Waals surface area contributed by atoms with Crippen LogP contribution in [0.5, 0.6) is 0 Å². The number of hydrogen-bond acceptors (Lipinski definition) is 4. The van der Waals surface area contributed by atoms with Gasteiger partial charge in [-0.05, 0) is 68.5 Å². The summed E-state index contributed by atoms with van der Waals surface area (Å²) in [6, 6.07) is 18.4. The standard InChI is InChI=1S/C25H28N4O/c1-17-8-9-19(3)23(16-17)26-25(30)20-12-14-29(15-13-20)24-11-10-22(27-28-24)21-7-5-4-6-18(21)2/h4-11,16,20H,12-15H2,1-3H3,(H,26,30). The van der Waals surface area contributed by atoms with Gasteiger partial charge in [0.15, 0.2) is 5.82 Å². The highest BCUT2D eigenvalue weighted by Crippen LogP contribution is 2.26. The highest BCUT2D eigenvalue weighted by atomic mass is 16.1. The highest BCUT2D eigenvalue weighted by molar-refractivity contribution is 5.93. The lowest BCUT2D eigenvalue weighted by Gasteiger charge is -2.32. The Labute approximate surface area is 178 Å². The lowest BCUT2D eigenvalue weighted by atomic mass is 9.95. The van der Waals surface area contributed by atoms with E-state index in [-0.39, 0.29) is 11.8 Å². The molecule has 1 amide bonds. The van der Waals surface area contributed by atoms with Gasteiger partial charge >= 0.3 is 0 Å². The minimum atomic E-state index is 0.0281. The Morgan fingerprint density at radius 1 is 0.933 bits per heavy atom. The van der Waals surface area contributed by atoms with Crippen LogP contribution in [0.3, 0.4) is 0 Å². The van der Waals surface area contributed by atoms with Crippen LogP contribution >= 0.6 is 0 Å². The maximum Gasteiger partial charge on any atom is 0.227 e. The molecule has 0 spiro atoms. The summed E-state index contributed by atoms with van der Waals surface area (Å²) in [4.78, 5) is 15.0. The van der Waals surface area contributed by atoms with E-state index in [0.717, 1.165) is 59.8 Å². The summed E-state index contributed by atoms with van der Waals surface area (Å²) >= 11 is 0. The number of nitrogens with zero attached hydrogens (tertiary/aromatic N) is 3. The van der Waals surface area contributed by atoms with Gasteiger partial charge in [0.2, 0.25) is 5.91 Å². The molecule has 1 aliphatic heterocycles. The van der Waals surface area contributed by atoms with Crippen LogP contribution in [0.4, 0.5) is 11.5 Å². The third-order valence-corrected chi connectivity index (χ3v) is 5.91. The molecule has 154 valence electrons. The van der Waals surface area contributed by atoms with Crippen molar-refractivity contribution >= 4 is 17.4 Å². The molecule has 3 aromatic rings. The van der Waals surface area contributed by atoms with Crippen LogP contribution < -0.4 is 10.2 Å². The molecule has 5 nitrogen and oxygen atoms in total. The van der Waals surface area contributed by atoms with Crippen LogP contribution in [-0.4, -0.2) is 29.2 Å². The van der Waals surface area contributed by atoms with Crippen LogP contribution in [0.25, 0.3) is 11.3 Å². The minimum absolute atomic E-state index is 0.0281. The van der Waals surface area contributed by atoms with E-state index in [9.17, 15) is 4.79 Å². The molecule has 0 bridgehead atoms. The molecule has 1 fully saturated rings. The van der Waals surface area contributed by atoms with Gasteiger partial charge in [0, 0.05) is 30.3 Å². The van der Waals surface area contributed by atoms with E-state index in [0.29, 0.717) is 0 Å². The molecule has 1 N–H and O–H groups in total. The maximum absolute atomic E-state index is 12.8. The van der Waals surface area contributed by atoms with Crippen molar-refractivity contribution in [2.75, 3.05) is 23.3 Å². The highest BCUT2D eigenvalue weighted by Gasteiger charge is 2.26. The Kier molecular flexibility index (Phi) is 5.79. The third kappa shape index (κ3) is 4.35. The summed E-state index contributed by atoms with van der Waals surface area (Å²) in [5, 5.41) is 12.0. The number of hydrogen-bond donors (Lipinski definition) is 1. The molecule has 1 aromatic heterocycles. The van der Waals surface area contributed by atoms with Crippen molar-refractivity contribution < 1.29 is 4.79 Å². The van der Waals surface area contributed by atoms with Crippen molar-refractivity contribution in [3.05, 3.63) is 71.3 Å². The quantitative estimate of drug-likeness (QED) is 0.675. The predicted octanol–water partition coefficient (Wildman–Crippen LogP) is 4.92. The van der Waals surface area contributed by atoms with Crippen molar-refractivity contribution in [1.29, 1.82) is 0 Å². The smallest absolute Gasteiger partial charge is 0.227 e. The first-order valence-electron chi connectivity index (χ1n) is 10.5. The number of rotatable bonds is 4. The molecule has 0 aliphatic carbocycles. The average Bonchev–Trinajstić information content (AvgIpc) is 2.77. The van der Waals surface area contributed by atoms with Gasteiger partial charge in [0.1, 0.15) is 0 Å². The van der Waals surface area contributed by atoms with Gasteiger partial charge in [-0.2, -0.15) is 0 Å². The summed E-state index contributed by atoms with van der Waals surface area (Å²) in [7, 11) is 0. The first kappa shape index (κ1) is 20.1. The molecule has 2 heterocycles. The van der Waals surface area contributed by atoms with E-state index >= 15 is 0 Å². The second kappa shape index (κ2) is 8.66. The number of nitrogens with one attached hydrogen (secondary N) is 1.